The number of carboxylic acids is 1. The minimum Gasteiger partial charge on any atom is -0.508 e. The van der Waals surface area contributed by atoms with Crippen molar-refractivity contribution in [2.75, 3.05) is 20.1 Å². The fraction of sp³-hybridized carbons (Fsp3) is 0.537. The standard InChI is InChI=1S/C41H60N8O9/c1-25(2)34-38(54)44-31(21-18-27-16-19-29(50)20-17-27)39(55)49(4)26(3)35(51)45-33(24-28-12-6-5-7-13-28)36(52)43-23-11-9-14-30(37(53)48-34)46-41(58)47-32(40(56)57)15-8-10-22-42/h5-7,12-13,16-17,19-20,25-26,30-34,50H,8-11,14-15,18,21-24,42H2,1-4H3,(H,43,52)(H,44,54)(H,45,51)(H,48,53)(H,56,57)(H2,46,47,58)/t26-,30?,31?,32-,33-,34?/m0/s1. The van der Waals surface area contributed by atoms with Crippen LogP contribution in [0.2, 0.25) is 0 Å². The number of nitrogens with zero attached hydrogens (tertiary/aromatic N) is 1. The van der Waals surface area contributed by atoms with Crippen LogP contribution in [0.25, 0.3) is 0 Å². The molecule has 2 aromatic carbocycles. The summed E-state index contributed by atoms with van der Waals surface area (Å²) in [6, 6.07) is 7.73. The molecule has 0 aliphatic carbocycles. The molecule has 10 N–H and O–H groups in total. The number of hydrogen-bond acceptors (Lipinski definition) is 9. The number of carbonyl (C=O) groups excluding carboxylic acids is 6. The Hall–Kier alpha value is -5.71. The molecule has 0 radical (unpaired) electrons. The number of nitrogens with one attached hydrogen (secondary N) is 6. The summed E-state index contributed by atoms with van der Waals surface area (Å²) in [6.07, 6.45) is 2.44. The van der Waals surface area contributed by atoms with Gasteiger partial charge in [-0.05, 0) is 94.0 Å². The molecule has 1 aliphatic heterocycles. The molecule has 0 spiro atoms. The van der Waals surface area contributed by atoms with E-state index >= 15 is 0 Å². The third-order valence-corrected chi connectivity index (χ3v) is 10.1. The average Bonchev–Trinajstić information content (AvgIpc) is 3.19. The molecule has 7 amide bonds. The first kappa shape index (κ1) is 46.7. The van der Waals surface area contributed by atoms with Crippen molar-refractivity contribution in [3.63, 3.8) is 0 Å². The summed E-state index contributed by atoms with van der Waals surface area (Å²) in [5.74, 6) is -4.71. The lowest BCUT2D eigenvalue weighted by molar-refractivity contribution is -0.142. The van der Waals surface area contributed by atoms with Gasteiger partial charge in [-0.1, -0.05) is 56.3 Å². The molecule has 1 aliphatic rings. The number of hydrogen-bond donors (Lipinski definition) is 9. The van der Waals surface area contributed by atoms with Gasteiger partial charge in [-0.2, -0.15) is 0 Å². The number of unbranched alkanes of at least 4 members (excludes halogenated alkanes) is 1. The van der Waals surface area contributed by atoms with Gasteiger partial charge >= 0.3 is 12.0 Å². The van der Waals surface area contributed by atoms with Crippen molar-refractivity contribution in [2.45, 2.75) is 115 Å². The summed E-state index contributed by atoms with van der Waals surface area (Å²) < 4.78 is 0. The normalized spacial score (nSPS) is 22.3. The zero-order chi connectivity index (χ0) is 42.8. The van der Waals surface area contributed by atoms with Crippen LogP contribution in [-0.4, -0.2) is 113 Å². The van der Waals surface area contributed by atoms with E-state index in [1.165, 1.54) is 31.0 Å². The predicted octanol–water partition coefficient (Wildman–Crippen LogP) is 1.07. The molecular weight excluding hydrogens is 748 g/mol. The van der Waals surface area contributed by atoms with Crippen LogP contribution < -0.4 is 37.6 Å². The highest BCUT2D eigenvalue weighted by Crippen LogP contribution is 2.15. The molecule has 6 atom stereocenters. The topological polar surface area (TPSA) is 261 Å². The van der Waals surface area contributed by atoms with Gasteiger partial charge in [-0.25, -0.2) is 9.59 Å². The van der Waals surface area contributed by atoms with Crippen molar-refractivity contribution in [2.24, 2.45) is 11.7 Å². The minimum atomic E-state index is -1.25. The summed E-state index contributed by atoms with van der Waals surface area (Å²) in [5, 5.41) is 35.6. The van der Waals surface area contributed by atoms with E-state index in [0.717, 1.165) is 11.1 Å². The maximum absolute atomic E-state index is 14.2. The SMILES string of the molecule is CC(C)C1NC(=O)C(NC(=O)N[C@@H](CCCCN)C(=O)O)CCCCNC(=O)[C@H](Cc2ccccc2)NC(=O)[C@H](C)N(C)C(=O)C(CCc2ccc(O)cc2)NC1=O. The van der Waals surface area contributed by atoms with E-state index in [-0.39, 0.29) is 38.0 Å². The molecule has 2 aromatic rings. The summed E-state index contributed by atoms with van der Waals surface area (Å²) in [6.45, 7) is 5.45. The number of aromatic hydroxyl groups is 1. The molecule has 1 fully saturated rings. The van der Waals surface area contributed by atoms with Crippen molar-refractivity contribution in [3.05, 3.63) is 65.7 Å². The van der Waals surface area contributed by atoms with Crippen LogP contribution >= 0.6 is 0 Å². The summed E-state index contributed by atoms with van der Waals surface area (Å²) in [7, 11) is 1.43. The quantitative estimate of drug-likeness (QED) is 0.130. The number of phenolic OH excluding ortho intramolecular Hbond substituents is 1. The highest BCUT2D eigenvalue weighted by atomic mass is 16.4. The highest BCUT2D eigenvalue weighted by Gasteiger charge is 2.35. The van der Waals surface area contributed by atoms with Crippen LogP contribution in [0.4, 0.5) is 4.79 Å². The van der Waals surface area contributed by atoms with Gasteiger partial charge in [0, 0.05) is 20.0 Å². The lowest BCUT2D eigenvalue weighted by atomic mass is 9.99. The summed E-state index contributed by atoms with van der Waals surface area (Å²) in [5.41, 5.74) is 7.09. The molecule has 0 saturated carbocycles. The number of carbonyl (C=O) groups is 7. The fourth-order valence-corrected chi connectivity index (χ4v) is 6.43. The number of urea groups is 1. The number of phenols is 1. The zero-order valence-corrected chi connectivity index (χ0v) is 33.8. The summed E-state index contributed by atoms with van der Waals surface area (Å²) in [4.78, 5) is 95.5. The van der Waals surface area contributed by atoms with E-state index in [1.54, 1.807) is 26.0 Å². The van der Waals surface area contributed by atoms with Crippen molar-refractivity contribution >= 4 is 41.5 Å². The van der Waals surface area contributed by atoms with Gasteiger partial charge in [0.1, 0.15) is 42.0 Å². The molecule has 3 unspecified atom stereocenters. The van der Waals surface area contributed by atoms with Crippen molar-refractivity contribution < 1.29 is 43.8 Å². The van der Waals surface area contributed by atoms with Gasteiger partial charge in [0.15, 0.2) is 0 Å². The molecule has 1 saturated heterocycles. The van der Waals surface area contributed by atoms with Crippen LogP contribution in [-0.2, 0) is 41.6 Å². The molecule has 0 bridgehead atoms. The average molecular weight is 809 g/mol. The van der Waals surface area contributed by atoms with Crippen LogP contribution in [0.3, 0.4) is 0 Å². The number of carboxylic acid groups (broad SMARTS) is 1. The Morgan fingerprint density at radius 2 is 1.53 bits per heavy atom. The second kappa shape index (κ2) is 23.5. The van der Waals surface area contributed by atoms with Crippen molar-refractivity contribution in [3.8, 4) is 5.75 Å². The maximum atomic E-state index is 14.2. The first-order valence-electron chi connectivity index (χ1n) is 19.9. The summed E-state index contributed by atoms with van der Waals surface area (Å²) >= 11 is 0. The second-order valence-corrected chi connectivity index (χ2v) is 15.0. The van der Waals surface area contributed by atoms with E-state index < -0.39 is 83.7 Å². The maximum Gasteiger partial charge on any atom is 0.326 e. The van der Waals surface area contributed by atoms with E-state index in [4.69, 9.17) is 5.73 Å². The second-order valence-electron chi connectivity index (χ2n) is 15.0. The molecule has 17 heteroatoms. The zero-order valence-electron chi connectivity index (χ0n) is 33.8. The monoisotopic (exact) mass is 808 g/mol. The van der Waals surface area contributed by atoms with E-state index in [9.17, 15) is 43.8 Å². The first-order valence-corrected chi connectivity index (χ1v) is 19.9. The van der Waals surface area contributed by atoms with Gasteiger partial charge < -0.3 is 52.7 Å². The Bertz CT molecular complexity index is 1690. The number of nitrogens with two attached hydrogens (primary N) is 1. The lowest BCUT2D eigenvalue weighted by Crippen LogP contribution is -2.60. The fourth-order valence-electron chi connectivity index (χ4n) is 6.43. The molecule has 58 heavy (non-hydrogen) atoms. The Kier molecular flexibility index (Phi) is 18.9. The molecule has 3 rings (SSSR count). The smallest absolute Gasteiger partial charge is 0.326 e. The highest BCUT2D eigenvalue weighted by molar-refractivity contribution is 5.96. The van der Waals surface area contributed by atoms with Crippen molar-refractivity contribution in [1.82, 2.24) is 36.8 Å². The van der Waals surface area contributed by atoms with Gasteiger partial charge in [0.25, 0.3) is 0 Å². The van der Waals surface area contributed by atoms with E-state index in [2.05, 4.69) is 31.9 Å². The van der Waals surface area contributed by atoms with E-state index in [1.807, 2.05) is 30.3 Å². The van der Waals surface area contributed by atoms with Gasteiger partial charge in [0.05, 0.1) is 0 Å². The molecule has 0 aromatic heterocycles. The van der Waals surface area contributed by atoms with E-state index in [0.29, 0.717) is 38.6 Å². The molecular formula is C41H60N8O9. The Morgan fingerprint density at radius 3 is 2.17 bits per heavy atom. The number of aliphatic carboxylic acids is 1. The van der Waals surface area contributed by atoms with Gasteiger partial charge in [-0.3, -0.25) is 24.0 Å². The predicted molar refractivity (Wildman–Crippen MR) is 216 cm³/mol. The first-order chi connectivity index (χ1) is 27.6. The number of rotatable bonds is 13. The van der Waals surface area contributed by atoms with Crippen LogP contribution in [0, 0.1) is 5.92 Å². The minimum absolute atomic E-state index is 0.0591. The third kappa shape index (κ3) is 15.0. The largest absolute Gasteiger partial charge is 0.508 e. The van der Waals surface area contributed by atoms with Crippen LogP contribution in [0.5, 0.6) is 5.75 Å². The van der Waals surface area contributed by atoms with Crippen molar-refractivity contribution in [1.29, 1.82) is 0 Å². The third-order valence-electron chi connectivity index (χ3n) is 10.1. The molecule has 1 heterocycles. The number of likely N-dealkylation sites (N-methyl/N-ethyl adjacent to an activating group) is 1. The Labute approximate surface area is 339 Å². The lowest BCUT2D eigenvalue weighted by Gasteiger charge is -2.31. The molecule has 17 nitrogen and oxygen atoms in total. The van der Waals surface area contributed by atoms with Crippen LogP contribution in [0.15, 0.2) is 54.6 Å². The molecule has 318 valence electrons. The Balaban J connectivity index is 1.96. The van der Waals surface area contributed by atoms with Gasteiger partial charge in [-0.15, -0.1) is 0 Å². The Morgan fingerprint density at radius 1 is 0.862 bits per heavy atom. The van der Waals surface area contributed by atoms with Crippen LogP contribution in [0.1, 0.15) is 76.8 Å². The number of amides is 7. The van der Waals surface area contributed by atoms with Gasteiger partial charge in [0.2, 0.25) is 29.5 Å². The number of aryl methyl sites for hydroxylation is 1. The number of benzene rings is 2.